The van der Waals surface area contributed by atoms with Crippen LogP contribution in [-0.2, 0) is 0 Å². The lowest BCUT2D eigenvalue weighted by molar-refractivity contribution is 1.07. The first-order valence-corrected chi connectivity index (χ1v) is 19.3. The van der Waals surface area contributed by atoms with Crippen molar-refractivity contribution in [2.45, 2.75) is 0 Å². The maximum atomic E-state index is 5.22. The lowest BCUT2D eigenvalue weighted by Crippen LogP contribution is -2.02. The predicted octanol–water partition coefficient (Wildman–Crippen LogP) is 12.5. The van der Waals surface area contributed by atoms with Gasteiger partial charge in [-0.1, -0.05) is 146 Å². The minimum Gasteiger partial charge on any atom is -0.309 e. The Bertz CT molecular complexity index is 3210. The number of nitrogens with zero attached hydrogens (tertiary/aromatic N) is 6. The summed E-state index contributed by atoms with van der Waals surface area (Å²) in [5.41, 5.74) is 11.1. The molecule has 0 aliphatic carbocycles. The molecule has 6 nitrogen and oxygen atoms in total. The molecule has 4 aromatic heterocycles. The number of fused-ring (bicyclic) bond motifs is 6. The number of aromatic nitrogens is 6. The molecule has 0 radical (unpaired) electrons. The zero-order valence-corrected chi connectivity index (χ0v) is 30.7. The molecule has 0 bridgehead atoms. The van der Waals surface area contributed by atoms with Crippen LogP contribution >= 0.6 is 11.3 Å². The van der Waals surface area contributed by atoms with Gasteiger partial charge in [-0.3, -0.25) is 0 Å². The number of thiophene rings is 1. The molecule has 0 aliphatic heterocycles. The third kappa shape index (κ3) is 5.36. The van der Waals surface area contributed by atoms with E-state index < -0.39 is 0 Å². The van der Waals surface area contributed by atoms with E-state index in [1.807, 2.05) is 36.4 Å². The summed E-state index contributed by atoms with van der Waals surface area (Å²) < 4.78 is 4.62. The highest BCUT2D eigenvalue weighted by molar-refractivity contribution is 7.26. The predicted molar refractivity (Wildman–Crippen MR) is 230 cm³/mol. The fourth-order valence-corrected chi connectivity index (χ4v) is 8.95. The molecule has 0 amide bonds. The summed E-state index contributed by atoms with van der Waals surface area (Å²) in [5, 5.41) is 3.55. The van der Waals surface area contributed by atoms with E-state index in [4.69, 9.17) is 19.9 Å². The average molecular weight is 735 g/mol. The van der Waals surface area contributed by atoms with Crippen LogP contribution in [-0.4, -0.2) is 29.5 Å². The number of rotatable bonds is 6. The van der Waals surface area contributed by atoms with Gasteiger partial charge < -0.3 is 4.57 Å². The second kappa shape index (κ2) is 13.2. The molecular formula is C49H30N6S. The first-order valence-electron chi connectivity index (χ1n) is 18.5. The molecule has 0 aliphatic rings. The van der Waals surface area contributed by atoms with Crippen LogP contribution < -0.4 is 0 Å². The van der Waals surface area contributed by atoms with E-state index >= 15 is 0 Å². The van der Waals surface area contributed by atoms with Gasteiger partial charge in [0.2, 0.25) is 0 Å². The van der Waals surface area contributed by atoms with Gasteiger partial charge in [0.1, 0.15) is 6.33 Å². The zero-order valence-electron chi connectivity index (χ0n) is 29.9. The fourth-order valence-electron chi connectivity index (χ4n) is 7.78. The van der Waals surface area contributed by atoms with Gasteiger partial charge in [-0.05, 0) is 35.9 Å². The van der Waals surface area contributed by atoms with E-state index in [0.717, 1.165) is 71.4 Å². The van der Waals surface area contributed by atoms with Crippen molar-refractivity contribution in [3.05, 3.63) is 182 Å². The van der Waals surface area contributed by atoms with Crippen LogP contribution in [0.25, 0.3) is 104 Å². The van der Waals surface area contributed by atoms with Crippen molar-refractivity contribution in [1.82, 2.24) is 29.5 Å². The number of benzene rings is 7. The van der Waals surface area contributed by atoms with Crippen molar-refractivity contribution in [1.29, 1.82) is 0 Å². The quantitative estimate of drug-likeness (QED) is 0.170. The molecule has 11 aromatic rings. The Morgan fingerprint density at radius 2 is 0.964 bits per heavy atom. The summed E-state index contributed by atoms with van der Waals surface area (Å²) in [6.07, 6.45) is 1.66. The first-order chi connectivity index (χ1) is 27.8. The van der Waals surface area contributed by atoms with E-state index in [0.29, 0.717) is 17.5 Å². The highest BCUT2D eigenvalue weighted by Gasteiger charge is 2.20. The van der Waals surface area contributed by atoms with Gasteiger partial charge in [-0.25, -0.2) is 24.9 Å². The van der Waals surface area contributed by atoms with Gasteiger partial charge in [0.25, 0.3) is 0 Å². The molecule has 0 atom stereocenters. The normalized spacial score (nSPS) is 11.6. The number of para-hydroxylation sites is 2. The van der Waals surface area contributed by atoms with Gasteiger partial charge in [-0.15, -0.1) is 11.3 Å². The van der Waals surface area contributed by atoms with Gasteiger partial charge in [0.05, 0.1) is 32.6 Å². The third-order valence-corrected chi connectivity index (χ3v) is 11.5. The van der Waals surface area contributed by atoms with Crippen molar-refractivity contribution in [2.75, 3.05) is 0 Å². The Morgan fingerprint density at radius 3 is 1.68 bits per heavy atom. The second-order valence-electron chi connectivity index (χ2n) is 13.7. The maximum absolute atomic E-state index is 5.22. The van der Waals surface area contributed by atoms with Crippen LogP contribution in [0.2, 0.25) is 0 Å². The molecule has 0 N–H and O–H groups in total. The molecule has 0 saturated carbocycles. The molecular weight excluding hydrogens is 705 g/mol. The van der Waals surface area contributed by atoms with E-state index in [2.05, 4.69) is 149 Å². The lowest BCUT2D eigenvalue weighted by atomic mass is 10.0. The van der Waals surface area contributed by atoms with E-state index in [9.17, 15) is 0 Å². The van der Waals surface area contributed by atoms with Crippen LogP contribution in [0.4, 0.5) is 0 Å². The second-order valence-corrected chi connectivity index (χ2v) is 14.8. The molecule has 262 valence electrons. The zero-order chi connectivity index (χ0) is 37.0. The standard InChI is InChI=1S/C49H30N6S/c1-3-14-31(15-4-1)36-27-26-35(29-42(36)55-40-23-10-7-20-37(40)38-21-8-11-24-41(38)55)49-53-47(32-16-5-2-6-17-32)52-48(54-49)34-19-13-18-33(28-34)44-46-45(51-30-50-44)39-22-9-12-25-43(39)56-46/h1-30H. The number of hydrogen-bond donors (Lipinski definition) is 0. The molecule has 11 rings (SSSR count). The van der Waals surface area contributed by atoms with Crippen LogP contribution in [0.5, 0.6) is 0 Å². The highest BCUT2D eigenvalue weighted by Crippen LogP contribution is 2.40. The minimum atomic E-state index is 0.586. The fraction of sp³-hybridized carbons (Fsp3) is 0. The van der Waals surface area contributed by atoms with E-state index in [1.54, 1.807) is 17.7 Å². The average Bonchev–Trinajstić information content (AvgIpc) is 3.83. The third-order valence-electron chi connectivity index (χ3n) is 10.4. The molecule has 56 heavy (non-hydrogen) atoms. The van der Waals surface area contributed by atoms with Gasteiger partial charge >= 0.3 is 0 Å². The lowest BCUT2D eigenvalue weighted by Gasteiger charge is -2.16. The van der Waals surface area contributed by atoms with Gasteiger partial charge in [0.15, 0.2) is 17.5 Å². The summed E-state index contributed by atoms with van der Waals surface area (Å²) in [6, 6.07) is 61.2. The Hall–Kier alpha value is -7.35. The van der Waals surface area contributed by atoms with Crippen LogP contribution in [0.15, 0.2) is 182 Å². The highest BCUT2D eigenvalue weighted by atomic mass is 32.1. The van der Waals surface area contributed by atoms with Crippen LogP contribution in [0.1, 0.15) is 0 Å². The summed E-state index contributed by atoms with van der Waals surface area (Å²) in [5.74, 6) is 1.79. The van der Waals surface area contributed by atoms with E-state index in [1.165, 1.54) is 15.5 Å². The minimum absolute atomic E-state index is 0.586. The molecule has 4 heterocycles. The van der Waals surface area contributed by atoms with Crippen LogP contribution in [0, 0.1) is 0 Å². The Balaban J connectivity index is 1.12. The van der Waals surface area contributed by atoms with Crippen molar-refractivity contribution in [2.24, 2.45) is 0 Å². The Kier molecular flexibility index (Phi) is 7.57. The Labute approximate surface area is 326 Å². The van der Waals surface area contributed by atoms with Gasteiger partial charge in [-0.2, -0.15) is 0 Å². The monoisotopic (exact) mass is 734 g/mol. The summed E-state index contributed by atoms with van der Waals surface area (Å²) in [6.45, 7) is 0. The van der Waals surface area contributed by atoms with Crippen molar-refractivity contribution >= 4 is 53.4 Å². The summed E-state index contributed by atoms with van der Waals surface area (Å²) in [4.78, 5) is 24.9. The molecule has 0 spiro atoms. The smallest absolute Gasteiger partial charge is 0.164 e. The van der Waals surface area contributed by atoms with Crippen LogP contribution in [0.3, 0.4) is 0 Å². The maximum Gasteiger partial charge on any atom is 0.164 e. The SMILES string of the molecule is c1ccc(-c2nc(-c3cccc(-c4ncnc5c4sc4ccccc45)c3)nc(-c3ccc(-c4ccccc4)c(-n4c5ccccc5c5ccccc54)c3)n2)cc1. The van der Waals surface area contributed by atoms with Gasteiger partial charge in [0, 0.05) is 48.7 Å². The molecule has 7 aromatic carbocycles. The van der Waals surface area contributed by atoms with Crippen molar-refractivity contribution in [3.8, 4) is 62.2 Å². The van der Waals surface area contributed by atoms with Crippen molar-refractivity contribution < 1.29 is 0 Å². The first kappa shape index (κ1) is 32.1. The molecule has 7 heteroatoms. The topological polar surface area (TPSA) is 69.4 Å². The van der Waals surface area contributed by atoms with E-state index in [-0.39, 0.29) is 0 Å². The molecule has 0 saturated heterocycles. The molecule has 0 unspecified atom stereocenters. The summed E-state index contributed by atoms with van der Waals surface area (Å²) >= 11 is 1.72. The largest absolute Gasteiger partial charge is 0.309 e. The molecule has 0 fully saturated rings. The van der Waals surface area contributed by atoms with Crippen molar-refractivity contribution in [3.63, 3.8) is 0 Å². The summed E-state index contributed by atoms with van der Waals surface area (Å²) in [7, 11) is 0. The Morgan fingerprint density at radius 1 is 0.411 bits per heavy atom. The number of hydrogen-bond acceptors (Lipinski definition) is 6.